The topological polar surface area (TPSA) is 188 Å². The van der Waals surface area contributed by atoms with E-state index in [4.69, 9.17) is 28.5 Å². The number of anilines is 2. The number of pyridine rings is 1. The Labute approximate surface area is 331 Å². The predicted molar refractivity (Wildman–Crippen MR) is 206 cm³/mol. The van der Waals surface area contributed by atoms with Gasteiger partial charge in [0, 0.05) is 54.1 Å². The smallest absolute Gasteiger partial charge is 0.270 e. The van der Waals surface area contributed by atoms with Crippen LogP contribution in [-0.4, -0.2) is 53.7 Å². The summed E-state index contributed by atoms with van der Waals surface area (Å²) in [4.78, 5) is 72.7. The highest BCUT2D eigenvalue weighted by Gasteiger charge is 2.57. The molecule has 1 atom stereocenters. The summed E-state index contributed by atoms with van der Waals surface area (Å²) in [6.45, 7) is 3.55. The van der Waals surface area contributed by atoms with Crippen LogP contribution in [0.15, 0.2) is 79.4 Å². The Hall–Kier alpha value is -6.17. The monoisotopic (exact) mass is 788 g/mol. The number of hydrogen-bond acceptors (Lipinski definition) is 9. The molecule has 4 amide bonds. The molecule has 282 valence electrons. The first-order valence-electron chi connectivity index (χ1n) is 17.9. The number of imidazole rings is 1. The number of aromatic nitrogens is 5. The van der Waals surface area contributed by atoms with Crippen molar-refractivity contribution < 1.29 is 19.2 Å². The van der Waals surface area contributed by atoms with Crippen LogP contribution in [0.3, 0.4) is 0 Å². The number of hydrogen-bond donors (Lipinski definition) is 3. The second kappa shape index (κ2) is 13.8. The number of amides is 4. The average molecular weight is 790 g/mol. The lowest BCUT2D eigenvalue weighted by atomic mass is 9.90. The molecule has 0 radical (unpaired) electrons. The highest BCUT2D eigenvalue weighted by molar-refractivity contribution is 6.35. The van der Waals surface area contributed by atoms with Crippen molar-refractivity contribution in [2.24, 2.45) is 0 Å². The van der Waals surface area contributed by atoms with Crippen LogP contribution < -0.4 is 20.9 Å². The zero-order valence-corrected chi connectivity index (χ0v) is 31.8. The standard InChI is InChI=1S/C40H34Cl2N10O4/c1-23(53)44-18-25-5-8-32(45-19-25)39(9-10-39)50-35(55)40(11-12-40)49-34(54)31-22-48-37-51(30-14-28(41)13-29(42)15-30)36(56)38(2,52(31)37)16-24-3-6-26(7-4-24)27-20-46-33(17-43)47-21-27/h3-8,13-15,19-22H,9-12,16,18H2,1-2H3,(H,44,53)(H,49,54)(H,50,55)/t38-/m1/s1. The molecule has 2 saturated carbocycles. The predicted octanol–water partition coefficient (Wildman–Crippen LogP) is 5.25. The molecule has 14 nitrogen and oxygen atoms in total. The van der Waals surface area contributed by atoms with Gasteiger partial charge in [-0.05, 0) is 73.6 Å². The molecule has 1 aliphatic heterocycles. The van der Waals surface area contributed by atoms with Gasteiger partial charge in [0.05, 0.1) is 23.1 Å². The van der Waals surface area contributed by atoms with Crippen LogP contribution in [0.5, 0.6) is 0 Å². The van der Waals surface area contributed by atoms with E-state index in [9.17, 15) is 19.2 Å². The van der Waals surface area contributed by atoms with Crippen LogP contribution in [0, 0.1) is 11.3 Å². The molecule has 0 spiro atoms. The van der Waals surface area contributed by atoms with Gasteiger partial charge in [-0.2, -0.15) is 5.26 Å². The number of halogens is 2. The molecule has 5 aromatic rings. The normalized spacial score (nSPS) is 18.4. The van der Waals surface area contributed by atoms with Gasteiger partial charge < -0.3 is 16.0 Å². The molecule has 4 heterocycles. The minimum atomic E-state index is -1.35. The average Bonchev–Trinajstić information content (AvgIpc) is 4.09. The Bertz CT molecular complexity index is 2430. The number of nitriles is 1. The molecule has 2 aromatic carbocycles. The molecular weight excluding hydrogens is 755 g/mol. The van der Waals surface area contributed by atoms with E-state index >= 15 is 0 Å². The van der Waals surface area contributed by atoms with Gasteiger partial charge in [-0.3, -0.25) is 28.7 Å². The SMILES string of the molecule is CC(=O)NCc1ccc(C2(NC(=O)C3(NC(=O)c4cnc5n4[C@](C)(Cc4ccc(-c6cnc(C#N)nc6)cc4)C(=O)N5c4cc(Cl)cc(Cl)c4)CC3)CC2)nc1. The minimum Gasteiger partial charge on any atom is -0.352 e. The maximum Gasteiger partial charge on any atom is 0.270 e. The summed E-state index contributed by atoms with van der Waals surface area (Å²) in [5, 5.41) is 18.6. The Balaban J connectivity index is 1.06. The highest BCUT2D eigenvalue weighted by Crippen LogP contribution is 2.47. The van der Waals surface area contributed by atoms with E-state index in [0.29, 0.717) is 53.7 Å². The highest BCUT2D eigenvalue weighted by atomic mass is 35.5. The van der Waals surface area contributed by atoms with Crippen molar-refractivity contribution in [2.45, 2.75) is 69.1 Å². The first-order chi connectivity index (χ1) is 26.8. The maximum atomic E-state index is 14.6. The summed E-state index contributed by atoms with van der Waals surface area (Å²) in [6.07, 6.45) is 8.68. The summed E-state index contributed by atoms with van der Waals surface area (Å²) in [5.74, 6) is -1.09. The number of nitrogens with one attached hydrogen (secondary N) is 3. The van der Waals surface area contributed by atoms with Crippen molar-refractivity contribution in [3.63, 3.8) is 0 Å². The van der Waals surface area contributed by atoms with Gasteiger partial charge in [-0.1, -0.05) is 53.5 Å². The van der Waals surface area contributed by atoms with E-state index in [2.05, 4.69) is 35.9 Å². The molecule has 0 bridgehead atoms. The van der Waals surface area contributed by atoms with Crippen LogP contribution in [0.1, 0.15) is 72.7 Å². The summed E-state index contributed by atoms with van der Waals surface area (Å²) >= 11 is 12.8. The molecule has 16 heteroatoms. The molecule has 3 aromatic heterocycles. The zero-order valence-electron chi connectivity index (χ0n) is 30.3. The van der Waals surface area contributed by atoms with Gasteiger partial charge in [0.25, 0.3) is 11.8 Å². The molecule has 0 unspecified atom stereocenters. The van der Waals surface area contributed by atoms with Crippen molar-refractivity contribution in [3.05, 3.63) is 118 Å². The molecular formula is C40H34Cl2N10O4. The third-order valence-electron chi connectivity index (χ3n) is 10.5. The Morgan fingerprint density at radius 1 is 0.839 bits per heavy atom. The largest absolute Gasteiger partial charge is 0.352 e. The van der Waals surface area contributed by atoms with Crippen LogP contribution in [0.25, 0.3) is 11.1 Å². The van der Waals surface area contributed by atoms with Gasteiger partial charge in [0.15, 0.2) is 0 Å². The Morgan fingerprint density at radius 2 is 1.52 bits per heavy atom. The van der Waals surface area contributed by atoms with Crippen LogP contribution in [-0.2, 0) is 38.4 Å². The fourth-order valence-corrected chi connectivity index (χ4v) is 7.65. The zero-order chi connectivity index (χ0) is 39.4. The fourth-order valence-electron chi connectivity index (χ4n) is 7.14. The first kappa shape index (κ1) is 36.8. The number of rotatable bonds is 11. The van der Waals surface area contributed by atoms with Gasteiger partial charge in [0.2, 0.25) is 23.6 Å². The van der Waals surface area contributed by atoms with Gasteiger partial charge in [0.1, 0.15) is 22.8 Å². The number of fused-ring (bicyclic) bond motifs is 1. The van der Waals surface area contributed by atoms with E-state index in [0.717, 1.165) is 22.3 Å². The Morgan fingerprint density at radius 3 is 2.11 bits per heavy atom. The minimum absolute atomic E-state index is 0.0691. The van der Waals surface area contributed by atoms with Gasteiger partial charge in [-0.15, -0.1) is 0 Å². The fraction of sp³-hybridized carbons (Fsp3) is 0.275. The molecule has 2 fully saturated rings. The molecule has 8 rings (SSSR count). The lowest BCUT2D eigenvalue weighted by Crippen LogP contribution is -2.52. The van der Waals surface area contributed by atoms with E-state index in [-0.39, 0.29) is 41.6 Å². The van der Waals surface area contributed by atoms with Crippen molar-refractivity contribution in [1.29, 1.82) is 5.26 Å². The maximum absolute atomic E-state index is 14.6. The second-order valence-electron chi connectivity index (χ2n) is 14.6. The quantitative estimate of drug-likeness (QED) is 0.161. The van der Waals surface area contributed by atoms with Crippen molar-refractivity contribution in [2.75, 3.05) is 4.90 Å². The summed E-state index contributed by atoms with van der Waals surface area (Å²) in [5.41, 5.74) is 1.23. The number of benzene rings is 2. The Kier molecular flexibility index (Phi) is 9.09. The van der Waals surface area contributed by atoms with E-state index < -0.39 is 22.5 Å². The van der Waals surface area contributed by atoms with Crippen molar-refractivity contribution in [3.8, 4) is 17.2 Å². The molecule has 2 aliphatic carbocycles. The number of carbonyl (C=O) groups excluding carboxylic acids is 4. The van der Waals surface area contributed by atoms with Gasteiger partial charge in [-0.25, -0.2) is 19.9 Å². The molecule has 3 aliphatic rings. The van der Waals surface area contributed by atoms with Crippen LogP contribution in [0.2, 0.25) is 10.0 Å². The molecule has 3 N–H and O–H groups in total. The summed E-state index contributed by atoms with van der Waals surface area (Å²) in [6, 6.07) is 17.9. The van der Waals surface area contributed by atoms with Crippen molar-refractivity contribution >= 4 is 58.5 Å². The summed E-state index contributed by atoms with van der Waals surface area (Å²) in [7, 11) is 0. The van der Waals surface area contributed by atoms with Crippen molar-refractivity contribution in [1.82, 2.24) is 40.5 Å². The number of nitrogens with zero attached hydrogens (tertiary/aromatic N) is 7. The van der Waals surface area contributed by atoms with Gasteiger partial charge >= 0.3 is 0 Å². The summed E-state index contributed by atoms with van der Waals surface area (Å²) < 4.78 is 1.62. The van der Waals surface area contributed by atoms with Crippen LogP contribution >= 0.6 is 23.2 Å². The molecule has 56 heavy (non-hydrogen) atoms. The lowest BCUT2D eigenvalue weighted by Gasteiger charge is -2.27. The third kappa shape index (κ3) is 6.73. The van der Waals surface area contributed by atoms with E-state index in [1.54, 1.807) is 48.3 Å². The lowest BCUT2D eigenvalue weighted by molar-refractivity contribution is -0.125. The first-order valence-corrected chi connectivity index (χ1v) is 18.6. The van der Waals surface area contributed by atoms with E-state index in [1.807, 2.05) is 42.5 Å². The third-order valence-corrected chi connectivity index (χ3v) is 11.0. The van der Waals surface area contributed by atoms with Crippen LogP contribution in [0.4, 0.5) is 11.6 Å². The van der Waals surface area contributed by atoms with E-state index in [1.165, 1.54) is 18.0 Å². The second-order valence-corrected chi connectivity index (χ2v) is 15.5. The number of carbonyl (C=O) groups is 4. The molecule has 0 saturated heterocycles.